The molecule has 0 atom stereocenters. The molecule has 0 aromatic heterocycles. The van der Waals surface area contributed by atoms with Crippen LogP contribution >= 0.6 is 0 Å². The normalized spacial score (nSPS) is 16.5. The first-order chi connectivity index (χ1) is 17.3. The zero-order chi connectivity index (χ0) is 25.5. The maximum Gasteiger partial charge on any atom is 0.573 e. The second kappa shape index (κ2) is 11.4. The molecule has 2 aliphatic heterocycles. The number of nitro groups is 1. The Balaban J connectivity index is 1.23. The lowest BCUT2D eigenvalue weighted by atomic mass is 9.97. The van der Waals surface area contributed by atoms with Gasteiger partial charge in [-0.15, -0.1) is 13.2 Å². The Morgan fingerprint density at radius 1 is 1.03 bits per heavy atom. The van der Waals surface area contributed by atoms with Crippen LogP contribution in [0.15, 0.2) is 54.9 Å². The molecule has 2 aromatic rings. The third kappa shape index (κ3) is 7.17. The highest BCUT2D eigenvalue weighted by molar-refractivity contribution is 5.60. The lowest BCUT2D eigenvalue weighted by Crippen LogP contribution is -2.36. The summed E-state index contributed by atoms with van der Waals surface area (Å²) in [6, 6.07) is 10.6. The van der Waals surface area contributed by atoms with E-state index in [4.69, 9.17) is 9.47 Å². The molecule has 0 aliphatic carbocycles. The Morgan fingerprint density at radius 3 is 2.36 bits per heavy atom. The van der Waals surface area contributed by atoms with Crippen molar-refractivity contribution in [3.8, 4) is 11.5 Å². The molecule has 36 heavy (non-hydrogen) atoms. The molecular weight excluding hydrogens is 481 g/mol. The highest BCUT2D eigenvalue weighted by atomic mass is 19.4. The zero-order valence-corrected chi connectivity index (χ0v) is 19.4. The molecule has 2 aromatic carbocycles. The quantitative estimate of drug-likeness (QED) is 0.362. The molecule has 1 saturated heterocycles. The van der Waals surface area contributed by atoms with E-state index in [2.05, 4.69) is 20.3 Å². The summed E-state index contributed by atoms with van der Waals surface area (Å²) in [4.78, 5) is 13.3. The molecule has 0 bridgehead atoms. The van der Waals surface area contributed by atoms with Crippen molar-refractivity contribution in [2.45, 2.75) is 32.0 Å². The van der Waals surface area contributed by atoms with E-state index in [0.29, 0.717) is 19.1 Å². The Morgan fingerprint density at radius 2 is 1.72 bits per heavy atom. The van der Waals surface area contributed by atoms with Crippen LogP contribution in [0.25, 0.3) is 0 Å². The van der Waals surface area contributed by atoms with Gasteiger partial charge in [-0.2, -0.15) is 0 Å². The van der Waals surface area contributed by atoms with E-state index in [-0.39, 0.29) is 30.0 Å². The number of rotatable bonds is 10. The molecule has 4 rings (SSSR count). The van der Waals surface area contributed by atoms with Gasteiger partial charge in [-0.3, -0.25) is 10.1 Å². The second-order valence-electron chi connectivity index (χ2n) is 8.58. The number of hydrogen-bond acceptors (Lipinski definition) is 8. The van der Waals surface area contributed by atoms with Crippen LogP contribution < -0.4 is 25.0 Å². The van der Waals surface area contributed by atoms with Gasteiger partial charge in [-0.05, 0) is 48.6 Å². The van der Waals surface area contributed by atoms with E-state index < -0.39 is 11.3 Å². The summed E-state index contributed by atoms with van der Waals surface area (Å²) >= 11 is 0. The summed E-state index contributed by atoms with van der Waals surface area (Å²) in [7, 11) is 0. The zero-order valence-electron chi connectivity index (χ0n) is 19.4. The van der Waals surface area contributed by atoms with Gasteiger partial charge in [0.2, 0.25) is 0 Å². The summed E-state index contributed by atoms with van der Waals surface area (Å²) in [5.74, 6) is 0.283. The largest absolute Gasteiger partial charge is 0.573 e. The Bertz CT molecular complexity index is 1050. The smallest absolute Gasteiger partial charge is 0.483 e. The van der Waals surface area contributed by atoms with Crippen LogP contribution in [0.5, 0.6) is 11.5 Å². The van der Waals surface area contributed by atoms with Crippen molar-refractivity contribution >= 4 is 11.4 Å². The van der Waals surface area contributed by atoms with Gasteiger partial charge in [0.05, 0.1) is 11.5 Å². The van der Waals surface area contributed by atoms with Crippen molar-refractivity contribution in [1.82, 2.24) is 10.6 Å². The fourth-order valence-electron chi connectivity index (χ4n) is 4.10. The number of nitro benzene ring substituents is 1. The number of nitrogens with one attached hydrogen (secondary N) is 2. The number of ether oxygens (including phenoxy) is 3. The van der Waals surface area contributed by atoms with Gasteiger partial charge < -0.3 is 29.7 Å². The van der Waals surface area contributed by atoms with Crippen molar-refractivity contribution in [3.63, 3.8) is 0 Å². The van der Waals surface area contributed by atoms with E-state index in [0.717, 1.165) is 37.2 Å². The average Bonchev–Trinajstić information content (AvgIpc) is 3.37. The van der Waals surface area contributed by atoms with Gasteiger partial charge in [0.1, 0.15) is 18.5 Å². The lowest BCUT2D eigenvalue weighted by Gasteiger charge is -2.33. The summed E-state index contributed by atoms with van der Waals surface area (Å²) in [6.07, 6.45) is 0.361. The van der Waals surface area contributed by atoms with Crippen LogP contribution in [0.1, 0.15) is 18.4 Å². The van der Waals surface area contributed by atoms with Gasteiger partial charge in [-0.1, -0.05) is 12.1 Å². The van der Waals surface area contributed by atoms with Gasteiger partial charge >= 0.3 is 12.0 Å². The number of halogens is 3. The first-order valence-electron chi connectivity index (χ1n) is 11.5. The number of anilines is 1. The van der Waals surface area contributed by atoms with Crippen LogP contribution in [-0.2, 0) is 11.3 Å². The second-order valence-corrected chi connectivity index (χ2v) is 8.58. The predicted octanol–water partition coefficient (Wildman–Crippen LogP) is 4.30. The molecular formula is C24H27F3N4O5. The Labute approximate surface area is 206 Å². The van der Waals surface area contributed by atoms with Crippen molar-refractivity contribution in [2.75, 3.05) is 31.2 Å². The van der Waals surface area contributed by atoms with Gasteiger partial charge in [-0.25, -0.2) is 0 Å². The highest BCUT2D eigenvalue weighted by Crippen LogP contribution is 2.33. The van der Waals surface area contributed by atoms with Crippen LogP contribution in [0.3, 0.4) is 0 Å². The molecule has 9 nitrogen and oxygen atoms in total. The topological polar surface area (TPSA) is 98.1 Å². The van der Waals surface area contributed by atoms with Crippen molar-refractivity contribution in [3.05, 3.63) is 70.5 Å². The maximum atomic E-state index is 12.3. The molecule has 2 heterocycles. The number of nitrogens with zero attached hydrogens (tertiary/aromatic N) is 2. The van der Waals surface area contributed by atoms with E-state index in [9.17, 15) is 23.3 Å². The first kappa shape index (κ1) is 25.4. The monoisotopic (exact) mass is 508 g/mol. The molecule has 2 aliphatic rings. The molecule has 194 valence electrons. The fourth-order valence-corrected chi connectivity index (χ4v) is 4.10. The van der Waals surface area contributed by atoms with Gasteiger partial charge in [0, 0.05) is 43.9 Å². The van der Waals surface area contributed by atoms with Gasteiger partial charge in [0.15, 0.2) is 5.75 Å². The molecule has 0 amide bonds. The summed E-state index contributed by atoms with van der Waals surface area (Å²) in [6.45, 7) is 2.53. The molecule has 0 saturated carbocycles. The van der Waals surface area contributed by atoms with Crippen LogP contribution in [-0.4, -0.2) is 43.8 Å². The maximum absolute atomic E-state index is 12.3. The minimum atomic E-state index is -4.71. The number of benzene rings is 2. The van der Waals surface area contributed by atoms with Crippen LogP contribution in [0, 0.1) is 16.0 Å². The third-order valence-corrected chi connectivity index (χ3v) is 5.98. The van der Waals surface area contributed by atoms with Crippen LogP contribution in [0.2, 0.25) is 0 Å². The Kier molecular flexibility index (Phi) is 8.04. The lowest BCUT2D eigenvalue weighted by molar-refractivity contribution is -0.385. The van der Waals surface area contributed by atoms with E-state index >= 15 is 0 Å². The standard InChI is InChI=1S/C24H27F3N4O5/c25-24(26,27)36-20-4-1-17(2-5-20)14-34-15-18-7-11-30(12-8-18)19-3-6-22(21(13-19)31(32)33)35-16-23-28-9-10-29-23/h1-6,9-10,13,18,23,28-29H,7-8,11-12,14-16H2. The molecule has 2 N–H and O–H groups in total. The van der Waals surface area contributed by atoms with Gasteiger partial charge in [0.25, 0.3) is 0 Å². The van der Waals surface area contributed by atoms with Crippen LogP contribution in [0.4, 0.5) is 24.5 Å². The van der Waals surface area contributed by atoms with E-state index in [1.807, 2.05) is 6.07 Å². The number of hydrogen-bond donors (Lipinski definition) is 2. The fraction of sp³-hybridized carbons (Fsp3) is 0.417. The number of piperidine rings is 1. The summed E-state index contributed by atoms with van der Waals surface area (Å²) in [5, 5.41) is 17.7. The van der Waals surface area contributed by atoms with Crippen molar-refractivity contribution < 1.29 is 32.3 Å². The van der Waals surface area contributed by atoms with Crippen molar-refractivity contribution in [1.29, 1.82) is 0 Å². The highest BCUT2D eigenvalue weighted by Gasteiger charge is 2.31. The summed E-state index contributed by atoms with van der Waals surface area (Å²) < 4.78 is 52.0. The van der Waals surface area contributed by atoms with E-state index in [1.54, 1.807) is 36.7 Å². The first-order valence-corrected chi connectivity index (χ1v) is 11.5. The van der Waals surface area contributed by atoms with Crippen molar-refractivity contribution in [2.24, 2.45) is 5.92 Å². The number of alkyl halides is 3. The predicted molar refractivity (Wildman–Crippen MR) is 126 cm³/mol. The van der Waals surface area contributed by atoms with E-state index in [1.165, 1.54) is 12.1 Å². The summed E-state index contributed by atoms with van der Waals surface area (Å²) in [5.41, 5.74) is 1.45. The average molecular weight is 508 g/mol. The molecule has 0 radical (unpaired) electrons. The molecule has 0 spiro atoms. The minimum Gasteiger partial charge on any atom is -0.483 e. The molecule has 12 heteroatoms. The molecule has 0 unspecified atom stereocenters. The third-order valence-electron chi connectivity index (χ3n) is 5.98. The molecule has 1 fully saturated rings. The minimum absolute atomic E-state index is 0.0736. The SMILES string of the molecule is O=[N+]([O-])c1cc(N2CCC(COCc3ccc(OC(F)(F)F)cc3)CC2)ccc1OCC1NC=CN1. The Hall–Kier alpha value is -3.67.